The van der Waals surface area contributed by atoms with Crippen LogP contribution < -0.4 is 33.9 Å². The van der Waals surface area contributed by atoms with Crippen molar-refractivity contribution in [2.24, 2.45) is 0 Å². The molecule has 19 heavy (non-hydrogen) atoms. The van der Waals surface area contributed by atoms with Gasteiger partial charge < -0.3 is 34.0 Å². The highest BCUT2D eigenvalue weighted by Crippen LogP contribution is 2.09. The van der Waals surface area contributed by atoms with Gasteiger partial charge in [0, 0.05) is 6.42 Å². The first-order chi connectivity index (χ1) is 8.65. The molecule has 0 unspecified atom stereocenters. The van der Waals surface area contributed by atoms with E-state index in [2.05, 4.69) is 17.0 Å². The van der Waals surface area contributed by atoms with Crippen LogP contribution in [0.5, 0.6) is 0 Å². The molecule has 2 heterocycles. The predicted octanol–water partition coefficient (Wildman–Crippen LogP) is -2.76. The van der Waals surface area contributed by atoms with Crippen molar-refractivity contribution < 1.29 is 42.9 Å². The molecule has 2 rings (SSSR count). The van der Waals surface area contributed by atoms with E-state index in [4.69, 9.17) is 0 Å². The van der Waals surface area contributed by atoms with Crippen molar-refractivity contribution in [3.63, 3.8) is 0 Å². The van der Waals surface area contributed by atoms with Crippen LogP contribution in [-0.2, 0) is 22.5 Å². The molecule has 7 heteroatoms. The van der Waals surface area contributed by atoms with Crippen molar-refractivity contribution >= 4 is 12.0 Å². The number of carbonyl (C=O) groups is 2. The molecule has 1 atom stereocenters. The summed E-state index contributed by atoms with van der Waals surface area (Å²) in [7, 11) is 1.32. The van der Waals surface area contributed by atoms with Crippen molar-refractivity contribution in [2.75, 3.05) is 7.11 Å². The van der Waals surface area contributed by atoms with E-state index in [-0.39, 0.29) is 30.0 Å². The van der Waals surface area contributed by atoms with Crippen LogP contribution >= 0.6 is 0 Å². The number of ether oxygens (including phenoxy) is 1. The summed E-state index contributed by atoms with van der Waals surface area (Å²) in [5.41, 5.74) is 0.838. The molecule has 1 aliphatic rings. The Hall–Kier alpha value is -1.12. The fraction of sp³-hybridized carbons (Fsp3) is 0.583. The van der Waals surface area contributed by atoms with Gasteiger partial charge >= 0.3 is 12.0 Å². The lowest BCUT2D eigenvalue weighted by Crippen LogP contribution is -3.00. The lowest BCUT2D eigenvalue weighted by atomic mass is 10.1. The van der Waals surface area contributed by atoms with Crippen LogP contribution in [0.2, 0.25) is 0 Å². The van der Waals surface area contributed by atoms with Crippen molar-refractivity contribution in [1.82, 2.24) is 9.88 Å². The van der Waals surface area contributed by atoms with Gasteiger partial charge in [-0.15, -0.1) is 4.57 Å². The number of halogens is 1. The van der Waals surface area contributed by atoms with Gasteiger partial charge in [0.2, 0.25) is 0 Å². The number of unbranched alkanes of at least 4 members (excludes halogenated alkanes) is 1. The number of methoxy groups -OCH3 is 1. The molecule has 1 aliphatic heterocycles. The minimum absolute atomic E-state index is 0. The summed E-state index contributed by atoms with van der Waals surface area (Å²) in [6, 6.07) is -0.855. The lowest BCUT2D eigenvalue weighted by Gasteiger charge is -2.17. The van der Waals surface area contributed by atoms with Crippen LogP contribution in [0, 0.1) is 0 Å². The second kappa shape index (κ2) is 6.88. The number of carbonyl (C=O) groups excluding carboxylic acids is 2. The average molecular weight is 379 g/mol. The number of fused-ring (bicyclic) bond motifs is 1. The largest absolute Gasteiger partial charge is 1.00 e. The number of hydrogen-bond acceptors (Lipinski definition) is 3. The minimum Gasteiger partial charge on any atom is -1.00 e. The van der Waals surface area contributed by atoms with E-state index in [1.54, 1.807) is 10.9 Å². The smallest absolute Gasteiger partial charge is 0.414 e. The number of aryl methyl sites for hydroxylation is 1. The number of imidazole rings is 1. The van der Waals surface area contributed by atoms with E-state index < -0.39 is 12.0 Å². The highest BCUT2D eigenvalue weighted by Gasteiger charge is 2.34. The minimum atomic E-state index is -0.579. The van der Waals surface area contributed by atoms with Gasteiger partial charge in [-0.25, -0.2) is 14.2 Å². The summed E-state index contributed by atoms with van der Waals surface area (Å²) >= 11 is 0. The van der Waals surface area contributed by atoms with Crippen molar-refractivity contribution in [2.45, 2.75) is 38.8 Å². The molecular weight excluding hydrogens is 361 g/mol. The number of aromatic nitrogens is 2. The van der Waals surface area contributed by atoms with E-state index in [1.165, 1.54) is 7.11 Å². The molecule has 0 spiro atoms. The standard InChI is InChI=1S/C12H17N3O3.HI/c1-3-4-5-14-7-9-6-10(11(16)18-2)13-12(17)15(9)8-14;/h7-8,10H,3-6H2,1-2H3;1H/t10-;/m0./s1. The quantitative estimate of drug-likeness (QED) is 0.350. The topological polar surface area (TPSA) is 64.2 Å². The van der Waals surface area contributed by atoms with E-state index in [0.717, 1.165) is 25.1 Å². The second-order valence-electron chi connectivity index (χ2n) is 4.43. The van der Waals surface area contributed by atoms with Gasteiger partial charge in [-0.3, -0.25) is 0 Å². The molecule has 0 aliphatic carbocycles. The van der Waals surface area contributed by atoms with Gasteiger partial charge in [-0.1, -0.05) is 13.3 Å². The number of hydrogen-bond donors (Lipinski definition) is 1. The van der Waals surface area contributed by atoms with E-state index in [1.807, 2.05) is 10.8 Å². The fourth-order valence-electron chi connectivity index (χ4n) is 2.07. The van der Waals surface area contributed by atoms with E-state index in [0.29, 0.717) is 6.42 Å². The Kier molecular flexibility index (Phi) is 5.77. The number of nitrogens with zero attached hydrogens (tertiary/aromatic N) is 2. The van der Waals surface area contributed by atoms with Gasteiger partial charge in [-0.2, -0.15) is 0 Å². The van der Waals surface area contributed by atoms with Gasteiger partial charge in [-0.05, 0) is 6.42 Å². The van der Waals surface area contributed by atoms with Crippen LogP contribution in [0.3, 0.4) is 0 Å². The summed E-state index contributed by atoms with van der Waals surface area (Å²) in [6.07, 6.45) is 6.33. The molecule has 0 bridgehead atoms. The highest BCUT2D eigenvalue weighted by molar-refractivity contribution is 5.86. The molecule has 0 radical (unpaired) electrons. The molecule has 0 saturated carbocycles. The summed E-state index contributed by atoms with van der Waals surface area (Å²) in [5.74, 6) is -0.407. The number of nitrogens with one attached hydrogen (secondary N) is 1. The SMILES string of the molecule is CCCC[n+]1cc2n(c1)C(=O)N[C@H](C(=O)OC)C2.[I-]. The molecule has 1 aromatic heterocycles. The first kappa shape index (κ1) is 15.9. The Bertz CT molecular complexity index is 473. The van der Waals surface area contributed by atoms with Crippen LogP contribution in [0.4, 0.5) is 4.79 Å². The maximum absolute atomic E-state index is 11.8. The Labute approximate surface area is 129 Å². The van der Waals surface area contributed by atoms with Crippen molar-refractivity contribution in [3.8, 4) is 0 Å². The third kappa shape index (κ3) is 3.46. The van der Waals surface area contributed by atoms with Crippen LogP contribution in [-0.4, -0.2) is 29.7 Å². The van der Waals surface area contributed by atoms with E-state index in [9.17, 15) is 9.59 Å². The van der Waals surface area contributed by atoms with Gasteiger partial charge in [0.15, 0.2) is 5.69 Å². The predicted molar refractivity (Wildman–Crippen MR) is 63.0 cm³/mol. The van der Waals surface area contributed by atoms with Gasteiger partial charge in [0.05, 0.1) is 13.7 Å². The first-order valence-electron chi connectivity index (χ1n) is 6.14. The summed E-state index contributed by atoms with van der Waals surface area (Å²) < 4.78 is 8.19. The van der Waals surface area contributed by atoms with Gasteiger partial charge in [0.25, 0.3) is 6.33 Å². The van der Waals surface area contributed by atoms with Gasteiger partial charge in [0.1, 0.15) is 12.2 Å². The van der Waals surface area contributed by atoms with Crippen LogP contribution in [0.15, 0.2) is 12.5 Å². The fourth-order valence-corrected chi connectivity index (χ4v) is 2.07. The van der Waals surface area contributed by atoms with Crippen molar-refractivity contribution in [1.29, 1.82) is 0 Å². The Morgan fingerprint density at radius 1 is 1.63 bits per heavy atom. The zero-order chi connectivity index (χ0) is 13.1. The second-order valence-corrected chi connectivity index (χ2v) is 4.43. The highest BCUT2D eigenvalue weighted by atomic mass is 127. The Morgan fingerprint density at radius 2 is 2.37 bits per heavy atom. The molecule has 0 aromatic carbocycles. The van der Waals surface area contributed by atoms with Crippen LogP contribution in [0.25, 0.3) is 0 Å². The molecule has 0 fully saturated rings. The molecule has 0 saturated heterocycles. The third-order valence-electron chi connectivity index (χ3n) is 3.07. The lowest BCUT2D eigenvalue weighted by molar-refractivity contribution is -0.696. The summed E-state index contributed by atoms with van der Waals surface area (Å²) in [4.78, 5) is 23.3. The Morgan fingerprint density at radius 3 is 3.00 bits per heavy atom. The van der Waals surface area contributed by atoms with Crippen LogP contribution in [0.1, 0.15) is 25.5 Å². The van der Waals surface area contributed by atoms with Crippen molar-refractivity contribution in [3.05, 3.63) is 18.2 Å². The zero-order valence-electron chi connectivity index (χ0n) is 11.1. The molecule has 1 N–H and O–H groups in total. The maximum Gasteiger partial charge on any atom is 0.414 e. The number of rotatable bonds is 4. The Balaban J connectivity index is 0.00000180. The maximum atomic E-state index is 11.8. The molecule has 106 valence electrons. The average Bonchev–Trinajstić information content (AvgIpc) is 2.78. The molecule has 6 nitrogen and oxygen atoms in total. The number of esters is 1. The van der Waals surface area contributed by atoms with E-state index >= 15 is 0 Å². The first-order valence-corrected chi connectivity index (χ1v) is 6.14. The number of amides is 1. The normalized spacial score (nSPS) is 17.2. The summed E-state index contributed by atoms with van der Waals surface area (Å²) in [6.45, 7) is 3.00. The molecule has 1 aromatic rings. The molecular formula is C12H18IN3O3. The molecule has 1 amide bonds. The third-order valence-corrected chi connectivity index (χ3v) is 3.07. The summed E-state index contributed by atoms with van der Waals surface area (Å²) in [5, 5.41) is 2.63. The monoisotopic (exact) mass is 379 g/mol. The zero-order valence-corrected chi connectivity index (χ0v) is 13.2.